The Morgan fingerprint density at radius 3 is 2.64 bits per heavy atom. The van der Waals surface area contributed by atoms with Crippen molar-refractivity contribution in [2.75, 3.05) is 6.61 Å². The molecule has 0 aromatic carbocycles. The number of hydrogen-bond donors (Lipinski definition) is 2. The van der Waals surface area contributed by atoms with E-state index in [0.29, 0.717) is 0 Å². The van der Waals surface area contributed by atoms with Crippen LogP contribution >= 0.6 is 0 Å². The second-order valence-corrected chi connectivity index (χ2v) is 3.36. The molecular formula is C9H16O2. The zero-order valence-corrected chi connectivity index (χ0v) is 6.79. The molecule has 2 unspecified atom stereocenters. The van der Waals surface area contributed by atoms with Crippen LogP contribution in [0.3, 0.4) is 0 Å². The van der Waals surface area contributed by atoms with Crippen molar-refractivity contribution in [3.63, 3.8) is 0 Å². The zero-order chi connectivity index (χ0) is 8.32. The van der Waals surface area contributed by atoms with Crippen LogP contribution in [-0.4, -0.2) is 22.9 Å². The van der Waals surface area contributed by atoms with Gasteiger partial charge in [-0.2, -0.15) is 0 Å². The molecule has 0 aromatic rings. The normalized spacial score (nSPS) is 38.5. The van der Waals surface area contributed by atoms with Crippen LogP contribution in [0, 0.1) is 5.41 Å². The van der Waals surface area contributed by atoms with Crippen molar-refractivity contribution in [3.05, 3.63) is 12.7 Å². The molecule has 0 saturated heterocycles. The fourth-order valence-corrected chi connectivity index (χ4v) is 1.73. The minimum absolute atomic E-state index is 0.0255. The molecular weight excluding hydrogens is 140 g/mol. The summed E-state index contributed by atoms with van der Waals surface area (Å²) < 4.78 is 0. The van der Waals surface area contributed by atoms with E-state index in [-0.39, 0.29) is 6.61 Å². The zero-order valence-electron chi connectivity index (χ0n) is 6.79. The molecule has 2 nitrogen and oxygen atoms in total. The Morgan fingerprint density at radius 1 is 1.55 bits per heavy atom. The second kappa shape index (κ2) is 3.37. The van der Waals surface area contributed by atoms with Gasteiger partial charge in [0.15, 0.2) is 0 Å². The van der Waals surface area contributed by atoms with Crippen molar-refractivity contribution in [2.24, 2.45) is 5.41 Å². The Bertz CT molecular complexity index is 144. The topological polar surface area (TPSA) is 40.5 Å². The maximum absolute atomic E-state index is 9.59. The molecule has 1 rings (SSSR count). The molecule has 0 aliphatic heterocycles. The molecule has 1 saturated carbocycles. The number of hydrogen-bond acceptors (Lipinski definition) is 2. The van der Waals surface area contributed by atoms with Crippen LogP contribution in [0.25, 0.3) is 0 Å². The fraction of sp³-hybridized carbons (Fsp3) is 0.778. The lowest BCUT2D eigenvalue weighted by Crippen LogP contribution is -2.39. The van der Waals surface area contributed by atoms with E-state index in [4.69, 9.17) is 5.11 Å². The Labute approximate surface area is 67.6 Å². The highest BCUT2D eigenvalue weighted by atomic mass is 16.3. The van der Waals surface area contributed by atoms with E-state index < -0.39 is 11.5 Å². The van der Waals surface area contributed by atoms with Gasteiger partial charge in [-0.1, -0.05) is 18.9 Å². The smallest absolute Gasteiger partial charge is 0.0652 e. The molecule has 0 heterocycles. The van der Waals surface area contributed by atoms with Crippen molar-refractivity contribution in [1.29, 1.82) is 0 Å². The number of aliphatic hydroxyl groups is 2. The van der Waals surface area contributed by atoms with Gasteiger partial charge in [0, 0.05) is 5.41 Å². The molecule has 0 amide bonds. The molecule has 2 N–H and O–H groups in total. The van der Waals surface area contributed by atoms with E-state index in [1.54, 1.807) is 6.08 Å². The van der Waals surface area contributed by atoms with Crippen LogP contribution in [0.15, 0.2) is 12.7 Å². The molecule has 1 aliphatic carbocycles. The largest absolute Gasteiger partial charge is 0.395 e. The van der Waals surface area contributed by atoms with E-state index >= 15 is 0 Å². The second-order valence-electron chi connectivity index (χ2n) is 3.36. The lowest BCUT2D eigenvalue weighted by molar-refractivity contribution is -0.0146. The predicted molar refractivity (Wildman–Crippen MR) is 44.2 cm³/mol. The van der Waals surface area contributed by atoms with Crippen molar-refractivity contribution in [1.82, 2.24) is 0 Å². The van der Waals surface area contributed by atoms with Crippen LogP contribution in [0.4, 0.5) is 0 Å². The molecule has 0 radical (unpaired) electrons. The fourth-order valence-electron chi connectivity index (χ4n) is 1.73. The molecule has 0 aromatic heterocycles. The lowest BCUT2D eigenvalue weighted by atomic mass is 9.72. The van der Waals surface area contributed by atoms with E-state index in [9.17, 15) is 5.11 Å². The van der Waals surface area contributed by atoms with Gasteiger partial charge in [0.05, 0.1) is 12.7 Å². The summed E-state index contributed by atoms with van der Waals surface area (Å²) >= 11 is 0. The first-order chi connectivity index (χ1) is 5.25. The van der Waals surface area contributed by atoms with Crippen LogP contribution in [-0.2, 0) is 0 Å². The molecule has 64 valence electrons. The predicted octanol–water partition coefficient (Wildman–Crippen LogP) is 1.09. The van der Waals surface area contributed by atoms with Gasteiger partial charge in [0.25, 0.3) is 0 Å². The molecule has 2 atom stereocenters. The molecule has 1 fully saturated rings. The van der Waals surface area contributed by atoms with E-state index in [1.807, 2.05) is 0 Å². The van der Waals surface area contributed by atoms with E-state index in [1.165, 1.54) is 0 Å². The lowest BCUT2D eigenvalue weighted by Gasteiger charge is -2.37. The van der Waals surface area contributed by atoms with Crippen molar-refractivity contribution >= 4 is 0 Å². The minimum Gasteiger partial charge on any atom is -0.395 e. The third kappa shape index (κ3) is 1.47. The summed E-state index contributed by atoms with van der Waals surface area (Å²) in [6.07, 6.45) is 5.14. The van der Waals surface area contributed by atoms with Crippen molar-refractivity contribution in [2.45, 2.75) is 31.8 Å². The number of aliphatic hydroxyl groups excluding tert-OH is 2. The van der Waals surface area contributed by atoms with E-state index in [2.05, 4.69) is 6.58 Å². The van der Waals surface area contributed by atoms with Crippen molar-refractivity contribution in [3.8, 4) is 0 Å². The summed E-state index contributed by atoms with van der Waals surface area (Å²) in [7, 11) is 0. The van der Waals surface area contributed by atoms with Gasteiger partial charge in [0.2, 0.25) is 0 Å². The van der Waals surface area contributed by atoms with Gasteiger partial charge >= 0.3 is 0 Å². The van der Waals surface area contributed by atoms with Gasteiger partial charge in [-0.05, 0) is 12.8 Å². The van der Waals surface area contributed by atoms with E-state index in [0.717, 1.165) is 25.7 Å². The summed E-state index contributed by atoms with van der Waals surface area (Å²) in [4.78, 5) is 0. The highest BCUT2D eigenvalue weighted by Crippen LogP contribution is 2.36. The highest BCUT2D eigenvalue weighted by molar-refractivity contribution is 5.01. The minimum atomic E-state index is -0.405. The maximum atomic E-state index is 9.59. The van der Waals surface area contributed by atoms with Gasteiger partial charge in [-0.15, -0.1) is 6.58 Å². The molecule has 2 heteroatoms. The van der Waals surface area contributed by atoms with Gasteiger partial charge in [0.1, 0.15) is 0 Å². The molecule has 0 bridgehead atoms. The third-order valence-electron chi connectivity index (χ3n) is 2.73. The molecule has 1 aliphatic rings. The van der Waals surface area contributed by atoms with Crippen LogP contribution in [0.2, 0.25) is 0 Å². The number of rotatable bonds is 2. The first kappa shape index (κ1) is 8.75. The van der Waals surface area contributed by atoms with Gasteiger partial charge < -0.3 is 10.2 Å². The summed E-state index contributed by atoms with van der Waals surface area (Å²) in [5.41, 5.74) is -0.405. The highest BCUT2D eigenvalue weighted by Gasteiger charge is 2.36. The molecule has 0 spiro atoms. The van der Waals surface area contributed by atoms with Crippen LogP contribution < -0.4 is 0 Å². The SMILES string of the molecule is C=CC1(CO)CCCCC1O. The van der Waals surface area contributed by atoms with Crippen LogP contribution in [0.5, 0.6) is 0 Å². The Balaban J connectivity index is 2.69. The Morgan fingerprint density at radius 2 is 2.27 bits per heavy atom. The van der Waals surface area contributed by atoms with Gasteiger partial charge in [-0.3, -0.25) is 0 Å². The molecule has 11 heavy (non-hydrogen) atoms. The average molecular weight is 156 g/mol. The maximum Gasteiger partial charge on any atom is 0.0652 e. The first-order valence-electron chi connectivity index (χ1n) is 4.18. The van der Waals surface area contributed by atoms with Crippen LogP contribution in [0.1, 0.15) is 25.7 Å². The monoisotopic (exact) mass is 156 g/mol. The van der Waals surface area contributed by atoms with Crippen molar-refractivity contribution < 1.29 is 10.2 Å². The summed E-state index contributed by atoms with van der Waals surface area (Å²) in [5.74, 6) is 0. The summed E-state index contributed by atoms with van der Waals surface area (Å²) in [6.45, 7) is 3.68. The standard InChI is InChI=1S/C9H16O2/c1-2-9(7-10)6-4-3-5-8(9)11/h2,8,10-11H,1,3-7H2. The Hall–Kier alpha value is -0.340. The van der Waals surface area contributed by atoms with Gasteiger partial charge in [-0.25, -0.2) is 0 Å². The Kier molecular flexibility index (Phi) is 2.68. The third-order valence-corrected chi connectivity index (χ3v) is 2.73. The average Bonchev–Trinajstić information content (AvgIpc) is 2.06. The summed E-state index contributed by atoms with van der Waals surface area (Å²) in [5, 5.41) is 18.7. The quantitative estimate of drug-likeness (QED) is 0.587. The first-order valence-corrected chi connectivity index (χ1v) is 4.18. The summed E-state index contributed by atoms with van der Waals surface area (Å²) in [6, 6.07) is 0.